The first-order valence-electron chi connectivity index (χ1n) is 8.40. The number of likely N-dealkylation sites (N-methyl/N-ethyl adjacent to an activating group) is 1. The summed E-state index contributed by atoms with van der Waals surface area (Å²) in [6.07, 6.45) is 5.27. The van der Waals surface area contributed by atoms with Crippen molar-refractivity contribution in [1.29, 1.82) is 0 Å². The summed E-state index contributed by atoms with van der Waals surface area (Å²) < 4.78 is 10.1. The van der Waals surface area contributed by atoms with E-state index in [4.69, 9.17) is 9.84 Å². The van der Waals surface area contributed by atoms with Gasteiger partial charge in [-0.15, -0.1) is 0 Å². The lowest BCUT2D eigenvalue weighted by atomic mass is 10.0. The third-order valence-electron chi connectivity index (χ3n) is 4.26. The van der Waals surface area contributed by atoms with Gasteiger partial charge >= 0.3 is 0 Å². The molecule has 23 heavy (non-hydrogen) atoms. The molecule has 2 aromatic rings. The zero-order valence-corrected chi connectivity index (χ0v) is 14.8. The molecule has 0 amide bonds. The molecule has 0 aromatic carbocycles. The number of nitrogens with zero attached hydrogens (tertiary/aromatic N) is 5. The topological polar surface area (TPSA) is 48.1 Å². The summed E-state index contributed by atoms with van der Waals surface area (Å²) in [6, 6.07) is 0. The molecule has 1 aliphatic heterocycles. The van der Waals surface area contributed by atoms with Crippen LogP contribution in [0.25, 0.3) is 11.3 Å². The van der Waals surface area contributed by atoms with E-state index in [-0.39, 0.29) is 6.10 Å². The zero-order valence-electron chi connectivity index (χ0n) is 14.8. The van der Waals surface area contributed by atoms with Crippen molar-refractivity contribution < 1.29 is 4.74 Å². The Balaban J connectivity index is 1.93. The van der Waals surface area contributed by atoms with Crippen LogP contribution in [0.5, 0.6) is 5.88 Å². The second-order valence-electron chi connectivity index (χ2n) is 6.96. The standard InChI is InChI=1S/C17H27N5O/c1-12(2)15-16(19-22-7-6-13(3)23-17(15)22)14-10-18-21(11-14)9-8-20(4)5/h10-13H,6-9H2,1-5H3/t13-/m1/s1. The van der Waals surface area contributed by atoms with Crippen LogP contribution in [0, 0.1) is 0 Å². The largest absolute Gasteiger partial charge is 0.475 e. The van der Waals surface area contributed by atoms with Crippen LogP contribution in [0.1, 0.15) is 38.7 Å². The first kappa shape index (κ1) is 16.1. The highest BCUT2D eigenvalue weighted by Crippen LogP contribution is 2.38. The van der Waals surface area contributed by atoms with Gasteiger partial charge in [0, 0.05) is 36.8 Å². The summed E-state index contributed by atoms with van der Waals surface area (Å²) in [5.74, 6) is 1.30. The SMILES string of the molecule is CC(C)c1c(-c2cnn(CCN(C)C)c2)nn2c1O[C@H](C)CC2. The molecule has 2 aromatic heterocycles. The van der Waals surface area contributed by atoms with Gasteiger partial charge in [0.25, 0.3) is 0 Å². The molecule has 0 bridgehead atoms. The van der Waals surface area contributed by atoms with E-state index in [0.29, 0.717) is 5.92 Å². The van der Waals surface area contributed by atoms with Crippen molar-refractivity contribution in [2.45, 2.75) is 52.3 Å². The maximum atomic E-state index is 6.08. The number of aromatic nitrogens is 4. The Hall–Kier alpha value is -1.82. The molecule has 0 saturated carbocycles. The van der Waals surface area contributed by atoms with E-state index in [9.17, 15) is 0 Å². The second-order valence-corrected chi connectivity index (χ2v) is 6.96. The Morgan fingerprint density at radius 3 is 2.87 bits per heavy atom. The smallest absolute Gasteiger partial charge is 0.216 e. The Bertz CT molecular complexity index is 671. The van der Waals surface area contributed by atoms with Crippen LogP contribution in [0.15, 0.2) is 12.4 Å². The highest BCUT2D eigenvalue weighted by molar-refractivity contribution is 5.65. The minimum atomic E-state index is 0.257. The third kappa shape index (κ3) is 3.27. The number of ether oxygens (including phenoxy) is 1. The lowest BCUT2D eigenvalue weighted by molar-refractivity contribution is 0.147. The predicted octanol–water partition coefficient (Wildman–Crippen LogP) is 2.60. The summed E-state index contributed by atoms with van der Waals surface area (Å²) in [4.78, 5) is 2.16. The zero-order chi connectivity index (χ0) is 16.6. The average Bonchev–Trinajstić information content (AvgIpc) is 3.08. The van der Waals surface area contributed by atoms with Gasteiger partial charge in [0.2, 0.25) is 5.88 Å². The minimum Gasteiger partial charge on any atom is -0.475 e. The minimum absolute atomic E-state index is 0.257. The Morgan fingerprint density at radius 2 is 2.17 bits per heavy atom. The van der Waals surface area contributed by atoms with Crippen LogP contribution in [-0.2, 0) is 13.1 Å². The van der Waals surface area contributed by atoms with Crippen LogP contribution in [-0.4, -0.2) is 51.2 Å². The first-order valence-corrected chi connectivity index (χ1v) is 8.40. The van der Waals surface area contributed by atoms with Gasteiger partial charge in [-0.1, -0.05) is 13.8 Å². The van der Waals surface area contributed by atoms with Crippen molar-refractivity contribution in [2.24, 2.45) is 0 Å². The van der Waals surface area contributed by atoms with E-state index >= 15 is 0 Å². The molecule has 0 unspecified atom stereocenters. The van der Waals surface area contributed by atoms with E-state index in [1.54, 1.807) is 0 Å². The number of hydrogen-bond acceptors (Lipinski definition) is 4. The normalized spacial score (nSPS) is 17.6. The number of hydrogen-bond donors (Lipinski definition) is 0. The molecule has 126 valence electrons. The quantitative estimate of drug-likeness (QED) is 0.850. The molecule has 0 saturated heterocycles. The predicted molar refractivity (Wildman–Crippen MR) is 90.8 cm³/mol. The summed E-state index contributed by atoms with van der Waals surface area (Å²) in [7, 11) is 4.15. The van der Waals surface area contributed by atoms with Gasteiger partial charge in [0.1, 0.15) is 5.69 Å². The molecule has 1 atom stereocenters. The van der Waals surface area contributed by atoms with Gasteiger partial charge in [-0.2, -0.15) is 10.2 Å². The van der Waals surface area contributed by atoms with E-state index in [2.05, 4.69) is 51.1 Å². The van der Waals surface area contributed by atoms with E-state index in [0.717, 1.165) is 43.2 Å². The number of rotatable bonds is 5. The molecule has 0 radical (unpaired) electrons. The monoisotopic (exact) mass is 317 g/mol. The average molecular weight is 317 g/mol. The van der Waals surface area contributed by atoms with Crippen molar-refractivity contribution >= 4 is 0 Å². The fourth-order valence-electron chi connectivity index (χ4n) is 2.93. The maximum Gasteiger partial charge on any atom is 0.216 e. The summed E-state index contributed by atoms with van der Waals surface area (Å²) in [5, 5.41) is 9.30. The molecule has 0 aliphatic carbocycles. The van der Waals surface area contributed by atoms with Crippen LogP contribution < -0.4 is 4.74 Å². The number of fused-ring (bicyclic) bond motifs is 1. The van der Waals surface area contributed by atoms with Crippen molar-refractivity contribution in [3.8, 4) is 17.1 Å². The van der Waals surface area contributed by atoms with Crippen LogP contribution in [0.3, 0.4) is 0 Å². The summed E-state index contributed by atoms with van der Waals surface area (Å²) >= 11 is 0. The fourth-order valence-corrected chi connectivity index (χ4v) is 2.93. The Kier molecular flexibility index (Phi) is 4.43. The molecule has 6 nitrogen and oxygen atoms in total. The van der Waals surface area contributed by atoms with Crippen molar-refractivity contribution in [3.05, 3.63) is 18.0 Å². The molecule has 0 N–H and O–H groups in total. The van der Waals surface area contributed by atoms with Crippen LogP contribution in [0.4, 0.5) is 0 Å². The van der Waals surface area contributed by atoms with Crippen molar-refractivity contribution in [2.75, 3.05) is 20.6 Å². The van der Waals surface area contributed by atoms with Gasteiger partial charge in [0.15, 0.2) is 0 Å². The Labute approximate surface area is 138 Å². The molecule has 0 fully saturated rings. The highest BCUT2D eigenvalue weighted by Gasteiger charge is 2.27. The van der Waals surface area contributed by atoms with Crippen LogP contribution >= 0.6 is 0 Å². The molecule has 3 heterocycles. The van der Waals surface area contributed by atoms with Gasteiger partial charge in [-0.3, -0.25) is 4.68 Å². The summed E-state index contributed by atoms with van der Waals surface area (Å²) in [5.41, 5.74) is 3.29. The van der Waals surface area contributed by atoms with E-state index < -0.39 is 0 Å². The molecular weight excluding hydrogens is 290 g/mol. The van der Waals surface area contributed by atoms with Gasteiger partial charge in [-0.25, -0.2) is 4.68 Å². The van der Waals surface area contributed by atoms with E-state index in [1.807, 2.05) is 15.6 Å². The molecule has 1 aliphatic rings. The number of aryl methyl sites for hydroxylation is 1. The molecule has 3 rings (SSSR count). The Morgan fingerprint density at radius 1 is 1.39 bits per heavy atom. The van der Waals surface area contributed by atoms with Gasteiger partial charge in [0.05, 0.1) is 18.8 Å². The lowest BCUT2D eigenvalue weighted by Crippen LogP contribution is -2.23. The molecular formula is C17H27N5O. The van der Waals surface area contributed by atoms with E-state index in [1.165, 1.54) is 5.56 Å². The third-order valence-corrected chi connectivity index (χ3v) is 4.26. The fraction of sp³-hybridized carbons (Fsp3) is 0.647. The second kappa shape index (κ2) is 6.35. The van der Waals surface area contributed by atoms with Crippen molar-refractivity contribution in [1.82, 2.24) is 24.5 Å². The van der Waals surface area contributed by atoms with Crippen LogP contribution in [0.2, 0.25) is 0 Å². The van der Waals surface area contributed by atoms with Gasteiger partial charge in [-0.05, 0) is 26.9 Å². The summed E-state index contributed by atoms with van der Waals surface area (Å²) in [6.45, 7) is 9.29. The molecule has 0 spiro atoms. The first-order chi connectivity index (χ1) is 11.0. The maximum absolute atomic E-state index is 6.08. The van der Waals surface area contributed by atoms with Crippen molar-refractivity contribution in [3.63, 3.8) is 0 Å². The van der Waals surface area contributed by atoms with Gasteiger partial charge < -0.3 is 9.64 Å². The highest BCUT2D eigenvalue weighted by atomic mass is 16.5. The molecule has 6 heteroatoms. The lowest BCUT2D eigenvalue weighted by Gasteiger charge is -2.23.